The van der Waals surface area contributed by atoms with E-state index >= 15 is 0 Å². The summed E-state index contributed by atoms with van der Waals surface area (Å²) in [5, 5.41) is 2.05. The molecule has 0 saturated heterocycles. The second-order valence-electron chi connectivity index (χ2n) is 4.54. The van der Waals surface area contributed by atoms with E-state index in [1.807, 2.05) is 30.3 Å². The van der Waals surface area contributed by atoms with Crippen LogP contribution in [0.1, 0.15) is 16.6 Å². The van der Waals surface area contributed by atoms with E-state index in [2.05, 4.69) is 11.1 Å². The van der Waals surface area contributed by atoms with Gasteiger partial charge in [0.25, 0.3) is 0 Å². The number of hydrogen-bond donors (Lipinski definition) is 1. The third-order valence-corrected chi connectivity index (χ3v) is 5.13. The van der Waals surface area contributed by atoms with Crippen LogP contribution in [0.4, 0.5) is 0 Å². The zero-order valence-corrected chi connectivity index (χ0v) is 12.8. The molecule has 0 aliphatic heterocycles. The van der Waals surface area contributed by atoms with Gasteiger partial charge in [-0.1, -0.05) is 47.5 Å². The first-order valence-corrected chi connectivity index (χ1v) is 7.76. The van der Waals surface area contributed by atoms with Crippen molar-refractivity contribution in [2.45, 2.75) is 12.5 Å². The molecule has 1 atom stereocenters. The molecule has 1 unspecified atom stereocenters. The van der Waals surface area contributed by atoms with Crippen molar-refractivity contribution in [2.75, 3.05) is 0 Å². The lowest BCUT2D eigenvalue weighted by Gasteiger charge is -2.10. The Kier molecular flexibility index (Phi) is 3.94. The largest absolute Gasteiger partial charge is 0.322 e. The van der Waals surface area contributed by atoms with Crippen molar-refractivity contribution in [3.05, 3.63) is 63.1 Å². The summed E-state index contributed by atoms with van der Waals surface area (Å²) in [6.07, 6.45) is 0.624. The third kappa shape index (κ3) is 2.67. The lowest BCUT2D eigenvalue weighted by molar-refractivity contribution is 0.717. The first-order valence-electron chi connectivity index (χ1n) is 6.19. The number of aromatic nitrogens is 1. The van der Waals surface area contributed by atoms with E-state index in [4.69, 9.17) is 28.9 Å². The molecule has 2 aromatic carbocycles. The van der Waals surface area contributed by atoms with Crippen LogP contribution in [0.5, 0.6) is 0 Å². The summed E-state index contributed by atoms with van der Waals surface area (Å²) in [7, 11) is 0. The van der Waals surface area contributed by atoms with Crippen LogP contribution in [0.2, 0.25) is 10.0 Å². The molecule has 1 heterocycles. The molecule has 2 N–H and O–H groups in total. The highest BCUT2D eigenvalue weighted by Crippen LogP contribution is 2.31. The molecular formula is C15H12Cl2N2S. The van der Waals surface area contributed by atoms with Gasteiger partial charge in [0.2, 0.25) is 0 Å². The molecule has 3 rings (SSSR count). The Hall–Kier alpha value is -1.13. The molecule has 20 heavy (non-hydrogen) atoms. The summed E-state index contributed by atoms with van der Waals surface area (Å²) in [6.45, 7) is 0. The summed E-state index contributed by atoms with van der Waals surface area (Å²) < 4.78 is 1.15. The van der Waals surface area contributed by atoms with Gasteiger partial charge in [0.15, 0.2) is 0 Å². The molecule has 1 aromatic heterocycles. The van der Waals surface area contributed by atoms with Crippen molar-refractivity contribution in [3.63, 3.8) is 0 Å². The first-order chi connectivity index (χ1) is 9.65. The van der Waals surface area contributed by atoms with Gasteiger partial charge in [-0.15, -0.1) is 11.3 Å². The number of thiazole rings is 1. The van der Waals surface area contributed by atoms with Crippen molar-refractivity contribution in [3.8, 4) is 0 Å². The fourth-order valence-electron chi connectivity index (χ4n) is 2.08. The van der Waals surface area contributed by atoms with E-state index in [9.17, 15) is 0 Å². The van der Waals surface area contributed by atoms with Gasteiger partial charge >= 0.3 is 0 Å². The number of benzene rings is 2. The normalized spacial score (nSPS) is 12.8. The second-order valence-corrected chi connectivity index (χ2v) is 6.39. The highest BCUT2D eigenvalue weighted by Gasteiger charge is 2.15. The number of fused-ring (bicyclic) bond motifs is 1. The molecule has 0 radical (unpaired) electrons. The van der Waals surface area contributed by atoms with Crippen molar-refractivity contribution >= 4 is 44.8 Å². The van der Waals surface area contributed by atoms with Crippen LogP contribution in [-0.4, -0.2) is 4.98 Å². The van der Waals surface area contributed by atoms with Crippen LogP contribution in [0.15, 0.2) is 42.5 Å². The molecule has 0 bridgehead atoms. The predicted octanol–water partition coefficient (Wildman–Crippen LogP) is 4.85. The SMILES string of the molecule is NC(Cc1cccc(Cl)c1Cl)c1nc2ccccc2s1. The van der Waals surface area contributed by atoms with Gasteiger partial charge in [-0.3, -0.25) is 0 Å². The summed E-state index contributed by atoms with van der Waals surface area (Å²) in [5.41, 5.74) is 8.19. The maximum absolute atomic E-state index is 6.26. The zero-order chi connectivity index (χ0) is 14.1. The van der Waals surface area contributed by atoms with E-state index in [0.29, 0.717) is 16.5 Å². The van der Waals surface area contributed by atoms with Crippen LogP contribution < -0.4 is 5.73 Å². The average Bonchev–Trinajstić information content (AvgIpc) is 2.88. The average molecular weight is 323 g/mol. The summed E-state index contributed by atoms with van der Waals surface area (Å²) in [6, 6.07) is 13.5. The molecule has 2 nitrogen and oxygen atoms in total. The molecule has 0 aliphatic carbocycles. The number of nitrogens with two attached hydrogens (primary N) is 1. The van der Waals surface area contributed by atoms with Crippen molar-refractivity contribution < 1.29 is 0 Å². The molecule has 5 heteroatoms. The number of para-hydroxylation sites is 1. The van der Waals surface area contributed by atoms with E-state index in [-0.39, 0.29) is 6.04 Å². The van der Waals surface area contributed by atoms with Crippen molar-refractivity contribution in [1.82, 2.24) is 4.98 Å². The van der Waals surface area contributed by atoms with Crippen LogP contribution in [0.3, 0.4) is 0 Å². The van der Waals surface area contributed by atoms with Gasteiger partial charge in [0, 0.05) is 0 Å². The Labute approximate surface area is 131 Å². The molecule has 0 fully saturated rings. The number of rotatable bonds is 3. The number of halogens is 2. The minimum atomic E-state index is -0.177. The molecule has 0 spiro atoms. The maximum Gasteiger partial charge on any atom is 0.111 e. The molecule has 0 aliphatic rings. The Bertz CT molecular complexity index is 721. The molecule has 0 saturated carbocycles. The topological polar surface area (TPSA) is 38.9 Å². The van der Waals surface area contributed by atoms with Crippen molar-refractivity contribution in [1.29, 1.82) is 0 Å². The van der Waals surface area contributed by atoms with E-state index < -0.39 is 0 Å². The van der Waals surface area contributed by atoms with Gasteiger partial charge in [-0.2, -0.15) is 0 Å². The Balaban J connectivity index is 1.89. The van der Waals surface area contributed by atoms with Gasteiger partial charge < -0.3 is 5.73 Å². The summed E-state index contributed by atoms with van der Waals surface area (Å²) in [5.74, 6) is 0. The summed E-state index contributed by atoms with van der Waals surface area (Å²) >= 11 is 13.8. The molecule has 102 valence electrons. The number of nitrogens with zero attached hydrogens (tertiary/aromatic N) is 1. The zero-order valence-electron chi connectivity index (χ0n) is 10.5. The first kappa shape index (κ1) is 13.8. The van der Waals surface area contributed by atoms with E-state index in [1.165, 1.54) is 0 Å². The Morgan fingerprint density at radius 1 is 1.10 bits per heavy atom. The van der Waals surface area contributed by atoms with Crippen LogP contribution in [0, 0.1) is 0 Å². The lowest BCUT2D eigenvalue weighted by atomic mass is 10.1. The van der Waals surface area contributed by atoms with E-state index in [0.717, 1.165) is 20.8 Å². The Morgan fingerprint density at radius 3 is 2.70 bits per heavy atom. The molecule has 3 aromatic rings. The lowest BCUT2D eigenvalue weighted by Crippen LogP contribution is -2.13. The third-order valence-electron chi connectivity index (χ3n) is 3.10. The van der Waals surface area contributed by atoms with Gasteiger partial charge in [-0.05, 0) is 30.2 Å². The fraction of sp³-hybridized carbons (Fsp3) is 0.133. The Morgan fingerprint density at radius 2 is 1.90 bits per heavy atom. The number of hydrogen-bond acceptors (Lipinski definition) is 3. The fourth-order valence-corrected chi connectivity index (χ4v) is 3.45. The summed E-state index contributed by atoms with van der Waals surface area (Å²) in [4.78, 5) is 4.58. The van der Waals surface area contributed by atoms with Crippen LogP contribution in [0.25, 0.3) is 10.2 Å². The second kappa shape index (κ2) is 5.70. The van der Waals surface area contributed by atoms with Crippen molar-refractivity contribution in [2.24, 2.45) is 5.73 Å². The van der Waals surface area contributed by atoms with Crippen LogP contribution >= 0.6 is 34.5 Å². The standard InChI is InChI=1S/C15H12Cl2N2S/c16-10-5-3-4-9(14(10)17)8-11(18)15-19-12-6-1-2-7-13(12)20-15/h1-7,11H,8,18H2. The smallest absolute Gasteiger partial charge is 0.111 e. The highest BCUT2D eigenvalue weighted by atomic mass is 35.5. The molecule has 0 amide bonds. The quantitative estimate of drug-likeness (QED) is 0.748. The minimum Gasteiger partial charge on any atom is -0.322 e. The highest BCUT2D eigenvalue weighted by molar-refractivity contribution is 7.18. The monoisotopic (exact) mass is 322 g/mol. The maximum atomic E-state index is 6.26. The van der Waals surface area contributed by atoms with Crippen LogP contribution in [-0.2, 0) is 6.42 Å². The van der Waals surface area contributed by atoms with Gasteiger partial charge in [-0.25, -0.2) is 4.98 Å². The van der Waals surface area contributed by atoms with Gasteiger partial charge in [0.05, 0.1) is 26.3 Å². The minimum absolute atomic E-state index is 0.177. The molecular weight excluding hydrogens is 311 g/mol. The van der Waals surface area contributed by atoms with Gasteiger partial charge in [0.1, 0.15) is 5.01 Å². The van der Waals surface area contributed by atoms with E-state index in [1.54, 1.807) is 17.4 Å². The predicted molar refractivity (Wildman–Crippen MR) is 86.7 cm³/mol.